The molecule has 2 rings (SSSR count). The molecule has 0 N–H and O–H groups in total. The Labute approximate surface area is 136 Å². The third kappa shape index (κ3) is 4.47. The number of hydrogen-bond acceptors (Lipinski definition) is 0. The predicted molar refractivity (Wildman–Crippen MR) is 99.0 cm³/mol. The molecule has 0 amide bonds. The lowest BCUT2D eigenvalue weighted by atomic mass is 9.77. The summed E-state index contributed by atoms with van der Waals surface area (Å²) in [7, 11) is 0. The second kappa shape index (κ2) is 8.17. The molecule has 0 nitrogen and oxygen atoms in total. The highest BCUT2D eigenvalue weighted by atomic mass is 14.3. The molecule has 118 valence electrons. The van der Waals surface area contributed by atoms with Crippen LogP contribution < -0.4 is 0 Å². The molecular formula is C22H30. The van der Waals surface area contributed by atoms with Crippen molar-refractivity contribution in [2.45, 2.75) is 58.8 Å². The van der Waals surface area contributed by atoms with E-state index in [-0.39, 0.29) is 0 Å². The van der Waals surface area contributed by atoms with Crippen molar-refractivity contribution in [2.75, 3.05) is 0 Å². The van der Waals surface area contributed by atoms with E-state index in [1.165, 1.54) is 48.8 Å². The van der Waals surface area contributed by atoms with Crippen LogP contribution in [-0.4, -0.2) is 0 Å². The Morgan fingerprint density at radius 1 is 1.09 bits per heavy atom. The van der Waals surface area contributed by atoms with Gasteiger partial charge in [0.05, 0.1) is 0 Å². The fraction of sp³-hybridized carbons (Fsp3) is 0.455. The van der Waals surface area contributed by atoms with Gasteiger partial charge in [-0.3, -0.25) is 0 Å². The van der Waals surface area contributed by atoms with Crippen LogP contribution in [0.2, 0.25) is 0 Å². The van der Waals surface area contributed by atoms with Gasteiger partial charge in [0, 0.05) is 0 Å². The summed E-state index contributed by atoms with van der Waals surface area (Å²) in [6.07, 6.45) is 13.3. The molecular weight excluding hydrogens is 264 g/mol. The standard InChI is InChI=1S/C22H30/c1-5-18-8-11-21(12-9-18)22-15-13-20(14-16-22)19(6-2)10-7-17(3)4/h6-7,10,13-16,18,21H,3,5,8-9,11-12H2,1-2,4H3/b10-7-,19-6+. The van der Waals surface area contributed by atoms with Crippen molar-refractivity contribution in [3.63, 3.8) is 0 Å². The van der Waals surface area contributed by atoms with E-state index in [4.69, 9.17) is 0 Å². The Morgan fingerprint density at radius 3 is 2.23 bits per heavy atom. The Morgan fingerprint density at radius 2 is 1.73 bits per heavy atom. The summed E-state index contributed by atoms with van der Waals surface area (Å²) in [4.78, 5) is 0. The average Bonchev–Trinajstić information content (AvgIpc) is 2.56. The third-order valence-electron chi connectivity index (χ3n) is 5.00. The first-order valence-electron chi connectivity index (χ1n) is 8.74. The zero-order valence-electron chi connectivity index (χ0n) is 14.4. The SMILES string of the molecule is C=C(C)/C=C\C(=C/C)c1ccc(C2CCC(CC)CC2)cc1. The molecule has 0 heterocycles. The molecule has 0 saturated heterocycles. The summed E-state index contributed by atoms with van der Waals surface area (Å²) >= 11 is 0. The molecule has 1 aromatic carbocycles. The lowest BCUT2D eigenvalue weighted by Gasteiger charge is -2.28. The zero-order chi connectivity index (χ0) is 15.9. The average molecular weight is 294 g/mol. The van der Waals surface area contributed by atoms with Crippen molar-refractivity contribution in [1.29, 1.82) is 0 Å². The second-order valence-corrected chi connectivity index (χ2v) is 6.67. The van der Waals surface area contributed by atoms with Gasteiger partial charge in [0.15, 0.2) is 0 Å². The van der Waals surface area contributed by atoms with Gasteiger partial charge < -0.3 is 0 Å². The van der Waals surface area contributed by atoms with Crippen LogP contribution in [0.25, 0.3) is 5.57 Å². The summed E-state index contributed by atoms with van der Waals surface area (Å²) in [6.45, 7) is 10.4. The Bertz CT molecular complexity index is 534. The van der Waals surface area contributed by atoms with Gasteiger partial charge >= 0.3 is 0 Å². The molecule has 0 spiro atoms. The summed E-state index contributed by atoms with van der Waals surface area (Å²) in [5.74, 6) is 1.74. The highest BCUT2D eigenvalue weighted by Gasteiger charge is 2.21. The van der Waals surface area contributed by atoms with Crippen LogP contribution in [0.15, 0.2) is 54.6 Å². The summed E-state index contributed by atoms with van der Waals surface area (Å²) in [6, 6.07) is 9.23. The molecule has 0 radical (unpaired) electrons. The fourth-order valence-electron chi connectivity index (χ4n) is 3.44. The number of allylic oxidation sites excluding steroid dienone is 5. The summed E-state index contributed by atoms with van der Waals surface area (Å²) in [5.41, 5.74) is 5.18. The van der Waals surface area contributed by atoms with Gasteiger partial charge in [-0.15, -0.1) is 0 Å². The van der Waals surface area contributed by atoms with E-state index in [0.717, 1.165) is 17.4 Å². The van der Waals surface area contributed by atoms with Crippen LogP contribution in [0.1, 0.15) is 69.9 Å². The topological polar surface area (TPSA) is 0 Å². The van der Waals surface area contributed by atoms with Crippen molar-refractivity contribution < 1.29 is 0 Å². The van der Waals surface area contributed by atoms with Gasteiger partial charge in [0.2, 0.25) is 0 Å². The first-order valence-corrected chi connectivity index (χ1v) is 8.74. The van der Waals surface area contributed by atoms with E-state index in [2.05, 4.69) is 62.9 Å². The lowest BCUT2D eigenvalue weighted by Crippen LogP contribution is -2.12. The molecule has 1 aromatic rings. The smallest absolute Gasteiger partial charge is 0.0162 e. The van der Waals surface area contributed by atoms with Crippen LogP contribution in [0.3, 0.4) is 0 Å². The number of benzene rings is 1. The maximum atomic E-state index is 3.93. The minimum Gasteiger partial charge on any atom is -0.0961 e. The molecule has 1 saturated carbocycles. The maximum absolute atomic E-state index is 3.93. The molecule has 0 atom stereocenters. The van der Waals surface area contributed by atoms with E-state index >= 15 is 0 Å². The fourth-order valence-corrected chi connectivity index (χ4v) is 3.44. The molecule has 0 aromatic heterocycles. The molecule has 0 bridgehead atoms. The molecule has 0 aliphatic heterocycles. The second-order valence-electron chi connectivity index (χ2n) is 6.67. The molecule has 1 aliphatic carbocycles. The van der Waals surface area contributed by atoms with Gasteiger partial charge in [-0.25, -0.2) is 0 Å². The van der Waals surface area contributed by atoms with Crippen LogP contribution in [-0.2, 0) is 0 Å². The predicted octanol–water partition coefficient (Wildman–Crippen LogP) is 6.91. The van der Waals surface area contributed by atoms with Crippen LogP contribution in [0.4, 0.5) is 0 Å². The molecule has 1 fully saturated rings. The zero-order valence-corrected chi connectivity index (χ0v) is 14.4. The largest absolute Gasteiger partial charge is 0.0961 e. The lowest BCUT2D eigenvalue weighted by molar-refractivity contribution is 0.319. The Kier molecular flexibility index (Phi) is 6.24. The number of rotatable bonds is 5. The monoisotopic (exact) mass is 294 g/mol. The van der Waals surface area contributed by atoms with Crippen molar-refractivity contribution in [3.8, 4) is 0 Å². The van der Waals surface area contributed by atoms with Crippen LogP contribution >= 0.6 is 0 Å². The summed E-state index contributed by atoms with van der Waals surface area (Å²) < 4.78 is 0. The first kappa shape index (κ1) is 16.8. The quantitative estimate of drug-likeness (QED) is 0.518. The van der Waals surface area contributed by atoms with Crippen molar-refractivity contribution >= 4 is 5.57 Å². The highest BCUT2D eigenvalue weighted by Crippen LogP contribution is 2.37. The van der Waals surface area contributed by atoms with Crippen molar-refractivity contribution in [2.24, 2.45) is 5.92 Å². The highest BCUT2D eigenvalue weighted by molar-refractivity contribution is 5.74. The van der Waals surface area contributed by atoms with E-state index in [1.54, 1.807) is 0 Å². The number of hydrogen-bond donors (Lipinski definition) is 0. The van der Waals surface area contributed by atoms with Gasteiger partial charge in [0.25, 0.3) is 0 Å². The Hall–Kier alpha value is -1.56. The minimum absolute atomic E-state index is 0.775. The van der Waals surface area contributed by atoms with Crippen molar-refractivity contribution in [1.82, 2.24) is 0 Å². The minimum atomic E-state index is 0.775. The molecule has 0 unspecified atom stereocenters. The van der Waals surface area contributed by atoms with Crippen LogP contribution in [0.5, 0.6) is 0 Å². The molecule has 1 aliphatic rings. The third-order valence-corrected chi connectivity index (χ3v) is 5.00. The van der Waals surface area contributed by atoms with Gasteiger partial charge in [-0.2, -0.15) is 0 Å². The van der Waals surface area contributed by atoms with Crippen molar-refractivity contribution in [3.05, 3.63) is 65.8 Å². The van der Waals surface area contributed by atoms with E-state index in [9.17, 15) is 0 Å². The van der Waals surface area contributed by atoms with E-state index in [0.29, 0.717) is 0 Å². The maximum Gasteiger partial charge on any atom is -0.0162 e. The molecule has 0 heteroatoms. The van der Waals surface area contributed by atoms with E-state index in [1.807, 2.05) is 6.92 Å². The van der Waals surface area contributed by atoms with Gasteiger partial charge in [0.1, 0.15) is 0 Å². The van der Waals surface area contributed by atoms with Gasteiger partial charge in [-0.05, 0) is 68.1 Å². The van der Waals surface area contributed by atoms with Crippen LogP contribution in [0, 0.1) is 5.92 Å². The van der Waals surface area contributed by atoms with Gasteiger partial charge in [-0.1, -0.05) is 68.0 Å². The Balaban J connectivity index is 2.05. The normalized spacial score (nSPS) is 23.0. The molecule has 22 heavy (non-hydrogen) atoms. The first-order chi connectivity index (χ1) is 10.6. The summed E-state index contributed by atoms with van der Waals surface area (Å²) in [5, 5.41) is 0. The van der Waals surface area contributed by atoms with E-state index < -0.39 is 0 Å².